The first kappa shape index (κ1) is 18.5. The number of hydrogen-bond donors (Lipinski definition) is 0. The number of rotatable bonds is 3. The van der Waals surface area contributed by atoms with Crippen LogP contribution >= 0.6 is 0 Å². The second kappa shape index (κ2) is 5.64. The van der Waals surface area contributed by atoms with Crippen LogP contribution in [0.25, 0.3) is 16.8 Å². The minimum absolute atomic E-state index is 0.0112. The van der Waals surface area contributed by atoms with E-state index in [1.54, 1.807) is 17.2 Å². The van der Waals surface area contributed by atoms with Crippen molar-refractivity contribution in [3.63, 3.8) is 0 Å². The third kappa shape index (κ3) is 2.01. The molecule has 3 fully saturated rings. The molecule has 32 heavy (non-hydrogen) atoms. The van der Waals surface area contributed by atoms with E-state index in [0.717, 1.165) is 34.6 Å². The predicted octanol–water partition coefficient (Wildman–Crippen LogP) is 3.38. The van der Waals surface area contributed by atoms with Crippen LogP contribution < -0.4 is 9.64 Å². The van der Waals surface area contributed by atoms with Gasteiger partial charge in [0.25, 0.3) is 0 Å². The van der Waals surface area contributed by atoms with E-state index >= 15 is 0 Å². The van der Waals surface area contributed by atoms with E-state index in [1.165, 1.54) is 0 Å². The Hall–Kier alpha value is -3.07. The van der Waals surface area contributed by atoms with Gasteiger partial charge in [0.1, 0.15) is 18.5 Å². The summed E-state index contributed by atoms with van der Waals surface area (Å²) in [5.74, 6) is -1.19. The number of hydrogen-bond acceptors (Lipinski definition) is 5. The highest BCUT2D eigenvalue weighted by molar-refractivity contribution is 5.75. The molecule has 0 aliphatic carbocycles. The molecule has 7 nitrogen and oxygen atoms in total. The topological polar surface area (TPSA) is 56.1 Å². The van der Waals surface area contributed by atoms with E-state index in [-0.39, 0.29) is 18.1 Å². The van der Waals surface area contributed by atoms with E-state index in [9.17, 15) is 8.78 Å². The van der Waals surface area contributed by atoms with Crippen LogP contribution in [0.4, 0.5) is 14.6 Å². The number of halogens is 2. The van der Waals surface area contributed by atoms with Gasteiger partial charge in [-0.25, -0.2) is 0 Å². The Balaban J connectivity index is 1.21. The van der Waals surface area contributed by atoms with Crippen molar-refractivity contribution in [2.45, 2.75) is 49.5 Å². The van der Waals surface area contributed by atoms with Crippen LogP contribution in [0.2, 0.25) is 0 Å². The average Bonchev–Trinajstić information content (AvgIpc) is 3.32. The van der Waals surface area contributed by atoms with Crippen molar-refractivity contribution in [2.75, 3.05) is 19.0 Å². The minimum Gasteiger partial charge on any atom is -0.472 e. The van der Waals surface area contributed by atoms with E-state index in [1.807, 2.05) is 44.4 Å². The van der Waals surface area contributed by atoms with Crippen LogP contribution in [0.15, 0.2) is 42.7 Å². The highest BCUT2D eigenvalue weighted by Crippen LogP contribution is 2.69. The zero-order valence-electron chi connectivity index (χ0n) is 17.9. The van der Waals surface area contributed by atoms with Crippen LogP contribution in [-0.2, 0) is 6.61 Å². The van der Waals surface area contributed by atoms with Crippen molar-refractivity contribution in [3.05, 3.63) is 48.3 Å². The van der Waals surface area contributed by atoms with Gasteiger partial charge in [0.05, 0.1) is 44.4 Å². The Morgan fingerprint density at radius 1 is 1.09 bits per heavy atom. The van der Waals surface area contributed by atoms with Gasteiger partial charge >= 0.3 is 5.92 Å². The summed E-state index contributed by atoms with van der Waals surface area (Å²) in [5, 5.41) is 8.37. The van der Waals surface area contributed by atoms with Crippen LogP contribution in [-0.4, -0.2) is 62.2 Å². The second-order valence-corrected chi connectivity index (χ2v) is 9.70. The molecule has 0 radical (unpaired) electrons. The van der Waals surface area contributed by atoms with Crippen LogP contribution in [0, 0.1) is 0 Å². The zero-order chi connectivity index (χ0) is 21.9. The lowest BCUT2D eigenvalue weighted by molar-refractivity contribution is -1.08. The molecule has 4 unspecified atom stereocenters. The Labute approximate surface area is 183 Å². The average molecular weight is 437 g/mol. The normalized spacial score (nSPS) is 32.6. The van der Waals surface area contributed by atoms with Gasteiger partial charge in [-0.15, -0.1) is 0 Å². The van der Waals surface area contributed by atoms with E-state index in [2.05, 4.69) is 15.1 Å². The second-order valence-electron chi connectivity index (χ2n) is 9.70. The van der Waals surface area contributed by atoms with Gasteiger partial charge in [0.15, 0.2) is 11.7 Å². The molecule has 4 atom stereocenters. The van der Waals surface area contributed by atoms with Gasteiger partial charge in [0, 0.05) is 12.6 Å². The SMILES string of the molecule is CN(c1ccc2c(n1)OCc1cc(-n3nccn3)ccc1-2)C12CC3CC(F)(F)C(C1)[N+]32C. The third-order valence-electron chi connectivity index (χ3n) is 8.59. The Morgan fingerprint density at radius 3 is 2.66 bits per heavy atom. The first-order valence-corrected chi connectivity index (χ1v) is 10.9. The first-order chi connectivity index (χ1) is 15.3. The number of quaternary nitrogens is 1. The molecule has 0 N–H and O–H groups in total. The molecule has 9 heteroatoms. The van der Waals surface area contributed by atoms with Gasteiger partial charge in [-0.05, 0) is 35.4 Å². The highest BCUT2D eigenvalue weighted by Gasteiger charge is 2.87. The predicted molar refractivity (Wildman–Crippen MR) is 113 cm³/mol. The monoisotopic (exact) mass is 437 g/mol. The van der Waals surface area contributed by atoms with Gasteiger partial charge in [-0.3, -0.25) is 4.48 Å². The maximum absolute atomic E-state index is 14.4. The molecular weight excluding hydrogens is 414 g/mol. The van der Waals surface area contributed by atoms with E-state index < -0.39 is 12.0 Å². The maximum atomic E-state index is 14.4. The lowest BCUT2D eigenvalue weighted by Gasteiger charge is -2.73. The quantitative estimate of drug-likeness (QED) is 0.588. The van der Waals surface area contributed by atoms with E-state index in [0.29, 0.717) is 23.4 Å². The van der Waals surface area contributed by atoms with Crippen molar-refractivity contribution in [1.82, 2.24) is 20.0 Å². The van der Waals surface area contributed by atoms with Gasteiger partial charge in [-0.1, -0.05) is 6.07 Å². The molecule has 0 saturated carbocycles. The number of fused-ring (bicyclic) bond motifs is 3. The third-order valence-corrected chi connectivity index (χ3v) is 8.59. The molecule has 7 rings (SSSR count). The molecule has 164 valence electrons. The standard InChI is InChI=1S/C23H23F2N6O/c1-29(22-10-16-11-23(24,25)19(12-22)31(16,22)2)20-6-5-18-17-4-3-15(30-26-7-8-27-30)9-14(17)13-32-21(18)28-20/h3-9,16,19H,10-13H2,1-2H3/q+1. The number of aromatic nitrogens is 4. The number of nitrogens with zero attached hydrogens (tertiary/aromatic N) is 6. The fraction of sp³-hybridized carbons (Fsp3) is 0.435. The van der Waals surface area contributed by atoms with Gasteiger partial charge in [-0.2, -0.15) is 28.8 Å². The zero-order valence-corrected chi connectivity index (χ0v) is 17.9. The molecule has 2 aromatic heterocycles. The Bertz CT molecular complexity index is 1260. The molecule has 3 saturated heterocycles. The summed E-state index contributed by atoms with van der Waals surface area (Å²) in [5.41, 5.74) is 3.66. The lowest BCUT2D eigenvalue weighted by Crippen LogP contribution is -2.91. The number of anilines is 1. The number of benzene rings is 1. The number of piperidine rings is 1. The summed E-state index contributed by atoms with van der Waals surface area (Å²) in [7, 11) is 3.98. The van der Waals surface area contributed by atoms with Crippen molar-refractivity contribution < 1.29 is 18.0 Å². The van der Waals surface area contributed by atoms with Crippen molar-refractivity contribution >= 4 is 5.82 Å². The summed E-state index contributed by atoms with van der Waals surface area (Å²) >= 11 is 0. The van der Waals surface area contributed by atoms with Crippen molar-refractivity contribution in [2.24, 2.45) is 0 Å². The van der Waals surface area contributed by atoms with Crippen LogP contribution in [0.1, 0.15) is 24.8 Å². The van der Waals surface area contributed by atoms with Crippen LogP contribution in [0.3, 0.4) is 0 Å². The van der Waals surface area contributed by atoms with Crippen molar-refractivity contribution in [3.8, 4) is 22.7 Å². The summed E-state index contributed by atoms with van der Waals surface area (Å²) in [6, 6.07) is 9.54. The molecule has 0 bridgehead atoms. The largest absolute Gasteiger partial charge is 0.472 e. The van der Waals surface area contributed by atoms with Crippen LogP contribution in [0.5, 0.6) is 5.88 Å². The minimum atomic E-state index is -2.55. The molecule has 0 spiro atoms. The Kier molecular flexibility index (Phi) is 3.26. The Morgan fingerprint density at radius 2 is 1.88 bits per heavy atom. The molecule has 6 heterocycles. The highest BCUT2D eigenvalue weighted by atomic mass is 19.3. The molecule has 3 aromatic rings. The number of pyridine rings is 1. The van der Waals surface area contributed by atoms with Gasteiger partial charge in [0.2, 0.25) is 5.88 Å². The molecule has 0 amide bonds. The molecule has 4 aliphatic heterocycles. The number of ether oxygens (including phenoxy) is 1. The molecule has 1 aromatic carbocycles. The fourth-order valence-electron chi connectivity index (χ4n) is 6.78. The smallest absolute Gasteiger partial charge is 0.304 e. The molecular formula is C23H23F2N6O+. The number of alkyl halides is 2. The van der Waals surface area contributed by atoms with Gasteiger partial charge < -0.3 is 9.64 Å². The van der Waals surface area contributed by atoms with Crippen molar-refractivity contribution in [1.29, 1.82) is 0 Å². The molecule has 4 aliphatic rings. The summed E-state index contributed by atoms with van der Waals surface area (Å²) < 4.78 is 35.3. The van der Waals surface area contributed by atoms with E-state index in [4.69, 9.17) is 9.72 Å². The lowest BCUT2D eigenvalue weighted by atomic mass is 9.69. The summed E-state index contributed by atoms with van der Waals surface area (Å²) in [4.78, 5) is 8.51. The first-order valence-electron chi connectivity index (χ1n) is 10.9. The maximum Gasteiger partial charge on any atom is 0.304 e. The summed E-state index contributed by atoms with van der Waals surface area (Å²) in [6.45, 7) is 0.410. The summed E-state index contributed by atoms with van der Waals surface area (Å²) in [6.07, 6.45) is 4.60. The fourth-order valence-corrected chi connectivity index (χ4v) is 6.78.